The lowest BCUT2D eigenvalue weighted by Crippen LogP contribution is -2.53. The minimum Gasteiger partial charge on any atom is -0.490 e. The molecule has 6 rings (SSSR count). The minimum absolute atomic E-state index is 0.0363. The number of likely N-dealkylation sites (tertiary alicyclic amines) is 1. The van der Waals surface area contributed by atoms with Crippen molar-refractivity contribution >= 4 is 27.9 Å². The van der Waals surface area contributed by atoms with E-state index in [1.807, 2.05) is 6.07 Å². The maximum atomic E-state index is 16.5. The van der Waals surface area contributed by atoms with Gasteiger partial charge in [-0.15, -0.1) is 0 Å². The monoisotopic (exact) mass is 743 g/mol. The number of nitrogens with zero attached hydrogens (tertiary/aromatic N) is 1. The van der Waals surface area contributed by atoms with Crippen LogP contribution in [0.3, 0.4) is 0 Å². The summed E-state index contributed by atoms with van der Waals surface area (Å²) in [5, 5.41) is 2.91. The lowest BCUT2D eigenvalue weighted by Gasteiger charge is -2.45. The highest BCUT2D eigenvalue weighted by Gasteiger charge is 2.62. The molecule has 0 radical (unpaired) electrons. The van der Waals surface area contributed by atoms with E-state index in [-0.39, 0.29) is 36.8 Å². The maximum absolute atomic E-state index is 16.5. The quantitative estimate of drug-likeness (QED) is 0.289. The van der Waals surface area contributed by atoms with Crippen LogP contribution in [0.5, 0.6) is 5.75 Å². The first-order valence-electron chi connectivity index (χ1n) is 18.3. The van der Waals surface area contributed by atoms with Gasteiger partial charge in [-0.25, -0.2) is 22.0 Å². The molecule has 0 bridgehead atoms. The summed E-state index contributed by atoms with van der Waals surface area (Å²) in [6.07, 6.45) is 6.22. The van der Waals surface area contributed by atoms with E-state index < -0.39 is 50.2 Å². The van der Waals surface area contributed by atoms with Crippen LogP contribution in [0.2, 0.25) is 0 Å². The first kappa shape index (κ1) is 38.0. The SMILES string of the molecule is CC(C)(C)OC(=O)N1C[C@](F)(C(=O)N[C@@H]2CC[C@@H](Oc3ccc(C(C)(C)C(=O)NS(C)(=O)=O)cc3-c3cccc(F)c3C3CCC3)C2)CC12CCC2. The smallest absolute Gasteiger partial charge is 0.410 e. The van der Waals surface area contributed by atoms with Crippen molar-refractivity contribution in [1.29, 1.82) is 0 Å². The van der Waals surface area contributed by atoms with Gasteiger partial charge in [0.25, 0.3) is 5.91 Å². The molecule has 3 saturated carbocycles. The summed E-state index contributed by atoms with van der Waals surface area (Å²) in [5.41, 5.74) is -2.65. The summed E-state index contributed by atoms with van der Waals surface area (Å²) in [4.78, 5) is 41.1. The third kappa shape index (κ3) is 7.66. The lowest BCUT2D eigenvalue weighted by atomic mass is 9.73. The van der Waals surface area contributed by atoms with Crippen molar-refractivity contribution in [1.82, 2.24) is 14.9 Å². The van der Waals surface area contributed by atoms with Crippen molar-refractivity contribution in [3.63, 3.8) is 0 Å². The van der Waals surface area contributed by atoms with Gasteiger partial charge in [-0.2, -0.15) is 0 Å². The number of hydrogen-bond acceptors (Lipinski definition) is 7. The van der Waals surface area contributed by atoms with E-state index in [1.54, 1.807) is 58.9 Å². The standard InChI is InChI=1S/C39H51F2N3O7S/c1-36(2,3)51-35(47)44-23-39(41,22-38(44)18-9-19-38)34(46)42-26-15-16-27(21-26)50-31-17-14-25(37(4,5)33(45)43-52(6,48)49)20-29(31)28-12-8-13-30(40)32(28)24-10-7-11-24/h8,12-14,17,20,24,26-27H,7,9-11,15-16,18-19,21-23H2,1-6H3,(H,42,46)(H,43,45)/t26-,27-,39+/m1/s1. The molecule has 1 heterocycles. The number of sulfonamides is 1. The van der Waals surface area contributed by atoms with E-state index >= 15 is 8.78 Å². The predicted octanol–water partition coefficient (Wildman–Crippen LogP) is 6.80. The van der Waals surface area contributed by atoms with Gasteiger partial charge in [-0.3, -0.25) is 19.2 Å². The summed E-state index contributed by atoms with van der Waals surface area (Å²) < 4.78 is 70.0. The fourth-order valence-corrected chi connectivity index (χ4v) is 8.66. The third-order valence-corrected chi connectivity index (χ3v) is 11.9. The number of alkyl halides is 1. The van der Waals surface area contributed by atoms with Crippen molar-refractivity contribution in [3.8, 4) is 16.9 Å². The summed E-state index contributed by atoms with van der Waals surface area (Å²) >= 11 is 0. The highest BCUT2D eigenvalue weighted by atomic mass is 32.2. The third-order valence-electron chi connectivity index (χ3n) is 11.3. The molecule has 52 heavy (non-hydrogen) atoms. The molecule has 13 heteroatoms. The number of amides is 3. The Labute approximate surface area is 305 Å². The number of halogens is 2. The average Bonchev–Trinajstić information content (AvgIpc) is 3.58. The number of carbonyl (C=O) groups is 3. The Morgan fingerprint density at radius 3 is 2.27 bits per heavy atom. The molecule has 4 aliphatic rings. The van der Waals surface area contributed by atoms with Crippen LogP contribution in [0.4, 0.5) is 13.6 Å². The van der Waals surface area contributed by atoms with E-state index in [2.05, 4.69) is 10.0 Å². The molecule has 2 aromatic rings. The van der Waals surface area contributed by atoms with Gasteiger partial charge in [0.1, 0.15) is 23.3 Å². The number of nitrogens with one attached hydrogen (secondary N) is 2. The lowest BCUT2D eigenvalue weighted by molar-refractivity contribution is -0.133. The van der Waals surface area contributed by atoms with Gasteiger partial charge in [-0.1, -0.05) is 24.6 Å². The molecular weight excluding hydrogens is 693 g/mol. The first-order valence-corrected chi connectivity index (χ1v) is 20.2. The van der Waals surface area contributed by atoms with Gasteiger partial charge >= 0.3 is 6.09 Å². The van der Waals surface area contributed by atoms with Crippen LogP contribution in [-0.4, -0.2) is 73.0 Å². The van der Waals surface area contributed by atoms with E-state index in [0.717, 1.165) is 31.9 Å². The van der Waals surface area contributed by atoms with E-state index in [4.69, 9.17) is 9.47 Å². The molecule has 1 saturated heterocycles. The van der Waals surface area contributed by atoms with Gasteiger partial charge in [-0.05, 0) is 120 Å². The Hall–Kier alpha value is -3.74. The zero-order valence-electron chi connectivity index (χ0n) is 30.9. The molecular formula is C39H51F2N3O7S. The van der Waals surface area contributed by atoms with Crippen LogP contribution >= 0.6 is 0 Å². The first-order chi connectivity index (χ1) is 24.2. The van der Waals surface area contributed by atoms with E-state index in [0.29, 0.717) is 60.1 Å². The summed E-state index contributed by atoms with van der Waals surface area (Å²) in [6.45, 7) is 8.16. The molecule has 1 aliphatic heterocycles. The Morgan fingerprint density at radius 1 is 0.962 bits per heavy atom. The van der Waals surface area contributed by atoms with Crippen LogP contribution in [0.1, 0.15) is 116 Å². The normalized spacial score (nSPS) is 24.6. The van der Waals surface area contributed by atoms with Crippen molar-refractivity contribution < 1.29 is 41.1 Å². The van der Waals surface area contributed by atoms with Crippen LogP contribution in [0, 0.1) is 5.82 Å². The molecule has 2 aromatic carbocycles. The number of rotatable bonds is 9. The zero-order chi connectivity index (χ0) is 37.9. The second-order valence-electron chi connectivity index (χ2n) is 16.9. The fraction of sp³-hybridized carbons (Fsp3) is 0.615. The Kier molecular flexibility index (Phi) is 9.93. The van der Waals surface area contributed by atoms with Crippen molar-refractivity contribution in [3.05, 3.63) is 53.3 Å². The molecule has 2 N–H and O–H groups in total. The number of benzene rings is 2. The molecule has 3 atom stereocenters. The van der Waals surface area contributed by atoms with Crippen molar-refractivity contribution in [2.24, 2.45) is 0 Å². The molecule has 3 aliphatic carbocycles. The number of hydrogen-bond donors (Lipinski definition) is 2. The van der Waals surface area contributed by atoms with Crippen LogP contribution < -0.4 is 14.8 Å². The zero-order valence-corrected chi connectivity index (χ0v) is 31.8. The maximum Gasteiger partial charge on any atom is 0.410 e. The number of ether oxygens (including phenoxy) is 2. The number of carbonyl (C=O) groups excluding carboxylic acids is 3. The molecule has 0 aromatic heterocycles. The molecule has 284 valence electrons. The summed E-state index contributed by atoms with van der Waals surface area (Å²) in [7, 11) is -3.81. The topological polar surface area (TPSA) is 131 Å². The Balaban J connectivity index is 1.21. The van der Waals surface area contributed by atoms with Gasteiger partial charge < -0.3 is 14.8 Å². The van der Waals surface area contributed by atoms with Crippen LogP contribution in [0.25, 0.3) is 11.1 Å². The van der Waals surface area contributed by atoms with Gasteiger partial charge in [0.15, 0.2) is 0 Å². The minimum atomic E-state index is -3.81. The molecule has 3 amide bonds. The fourth-order valence-electron chi connectivity index (χ4n) is 8.07. The van der Waals surface area contributed by atoms with Crippen molar-refractivity contribution in [2.75, 3.05) is 12.8 Å². The van der Waals surface area contributed by atoms with Gasteiger partial charge in [0, 0.05) is 24.4 Å². The van der Waals surface area contributed by atoms with Gasteiger partial charge in [0.05, 0.1) is 23.8 Å². The van der Waals surface area contributed by atoms with E-state index in [1.165, 1.54) is 11.0 Å². The largest absolute Gasteiger partial charge is 0.490 e. The van der Waals surface area contributed by atoms with E-state index in [9.17, 15) is 22.8 Å². The van der Waals surface area contributed by atoms with Crippen molar-refractivity contribution in [2.45, 2.75) is 139 Å². The summed E-state index contributed by atoms with van der Waals surface area (Å²) in [6, 6.07) is 9.75. The molecule has 1 spiro atoms. The van der Waals surface area contributed by atoms with Gasteiger partial charge in [0.2, 0.25) is 21.6 Å². The second kappa shape index (κ2) is 13.6. The Bertz CT molecular complexity index is 1850. The molecule has 10 nitrogen and oxygen atoms in total. The highest BCUT2D eigenvalue weighted by molar-refractivity contribution is 7.89. The molecule has 0 unspecified atom stereocenters. The van der Waals surface area contributed by atoms with Crippen LogP contribution in [0.15, 0.2) is 36.4 Å². The predicted molar refractivity (Wildman–Crippen MR) is 193 cm³/mol. The van der Waals surface area contributed by atoms with Crippen LogP contribution in [-0.2, 0) is 29.8 Å². The molecule has 4 fully saturated rings. The second-order valence-corrected chi connectivity index (χ2v) is 18.6. The Morgan fingerprint density at radius 2 is 1.67 bits per heavy atom. The highest BCUT2D eigenvalue weighted by Crippen LogP contribution is 2.51. The average molecular weight is 744 g/mol. The summed E-state index contributed by atoms with van der Waals surface area (Å²) in [5.74, 6) is -1.26.